The van der Waals surface area contributed by atoms with E-state index in [1.165, 1.54) is 23.1 Å². The lowest BCUT2D eigenvalue weighted by atomic mass is 10.7. The minimum absolute atomic E-state index is 0.117. The molecule has 0 aromatic carbocycles. The first-order chi connectivity index (χ1) is 8.52. The Morgan fingerprint density at radius 1 is 1.50 bits per heavy atom. The van der Waals surface area contributed by atoms with E-state index in [0.717, 1.165) is 10.1 Å². The van der Waals surface area contributed by atoms with Crippen LogP contribution >= 0.6 is 47.1 Å². The minimum Gasteiger partial charge on any atom is -0.364 e. The number of nitrogens with one attached hydrogen (secondary N) is 1. The molecule has 1 N–H and O–H groups in total. The number of thioether (sulfide) groups is 2. The van der Waals surface area contributed by atoms with Gasteiger partial charge in [-0.05, 0) is 5.75 Å². The lowest BCUT2D eigenvalue weighted by Gasteiger charge is -2.11. The fourth-order valence-corrected chi connectivity index (χ4v) is 3.28. The molecule has 18 heavy (non-hydrogen) atoms. The molecule has 0 saturated carbocycles. The number of rotatable bonds is 5. The molecule has 1 aromatic heterocycles. The molecule has 5 nitrogen and oxygen atoms in total. The van der Waals surface area contributed by atoms with Crippen LogP contribution in [0.15, 0.2) is 4.34 Å². The molecule has 0 radical (unpaired) electrons. The molecule has 1 rings (SSSR count). The average Bonchev–Trinajstić information content (AvgIpc) is 2.73. The van der Waals surface area contributed by atoms with E-state index in [-0.39, 0.29) is 11.7 Å². The first-order valence-electron chi connectivity index (χ1n) is 5.13. The van der Waals surface area contributed by atoms with Gasteiger partial charge in [0.05, 0.1) is 5.75 Å². The molecule has 9 heteroatoms. The molecule has 0 atom stereocenters. The molecule has 0 aliphatic carbocycles. The summed E-state index contributed by atoms with van der Waals surface area (Å²) < 4.78 is 1.55. The quantitative estimate of drug-likeness (QED) is 0.506. The van der Waals surface area contributed by atoms with Crippen molar-refractivity contribution in [1.82, 2.24) is 15.1 Å². The van der Waals surface area contributed by atoms with E-state index < -0.39 is 0 Å². The summed E-state index contributed by atoms with van der Waals surface area (Å²) in [5.74, 6) is 1.11. The van der Waals surface area contributed by atoms with E-state index in [1.807, 2.05) is 21.0 Å². The van der Waals surface area contributed by atoms with Crippen LogP contribution in [0.2, 0.25) is 0 Å². The van der Waals surface area contributed by atoms with Gasteiger partial charge >= 0.3 is 0 Å². The third kappa shape index (κ3) is 5.51. The monoisotopic (exact) mass is 322 g/mol. The van der Waals surface area contributed by atoms with Crippen molar-refractivity contribution in [3.63, 3.8) is 0 Å². The van der Waals surface area contributed by atoms with Gasteiger partial charge in [-0.25, -0.2) is 0 Å². The van der Waals surface area contributed by atoms with Crippen molar-refractivity contribution in [2.45, 2.75) is 11.3 Å². The largest absolute Gasteiger partial charge is 0.364 e. The Labute approximate surface area is 124 Å². The molecule has 0 spiro atoms. The molecule has 0 aliphatic rings. The molecule has 0 unspecified atom stereocenters. The second kappa shape index (κ2) is 7.93. The number of aromatic nitrogens is 2. The van der Waals surface area contributed by atoms with Gasteiger partial charge in [0.2, 0.25) is 11.0 Å². The van der Waals surface area contributed by atoms with Crippen LogP contribution in [0.4, 0.5) is 5.13 Å². The van der Waals surface area contributed by atoms with E-state index in [0.29, 0.717) is 9.45 Å². The summed E-state index contributed by atoms with van der Waals surface area (Å²) in [6.07, 6.45) is 0. The third-order valence-electron chi connectivity index (χ3n) is 1.61. The molecular weight excluding hydrogens is 308 g/mol. The Kier molecular flexibility index (Phi) is 6.90. The zero-order valence-electron chi connectivity index (χ0n) is 10.3. The van der Waals surface area contributed by atoms with Gasteiger partial charge in [0, 0.05) is 14.1 Å². The average molecular weight is 323 g/mol. The zero-order valence-corrected chi connectivity index (χ0v) is 13.6. The van der Waals surface area contributed by atoms with Crippen LogP contribution in [0, 0.1) is 0 Å². The fraction of sp³-hybridized carbons (Fsp3) is 0.556. The summed E-state index contributed by atoms with van der Waals surface area (Å²) in [7, 11) is 3.71. The molecule has 1 aromatic rings. The van der Waals surface area contributed by atoms with Crippen molar-refractivity contribution >= 4 is 62.4 Å². The topological polar surface area (TPSA) is 58.1 Å². The highest BCUT2D eigenvalue weighted by molar-refractivity contribution is 8.23. The normalized spacial score (nSPS) is 10.2. The number of thiocarbonyl (C=S) groups is 1. The van der Waals surface area contributed by atoms with Crippen molar-refractivity contribution in [1.29, 1.82) is 0 Å². The van der Waals surface area contributed by atoms with Gasteiger partial charge in [-0.2, -0.15) is 0 Å². The Balaban J connectivity index is 2.37. The maximum absolute atomic E-state index is 11.6. The van der Waals surface area contributed by atoms with Gasteiger partial charge < -0.3 is 4.90 Å². The standard InChI is InChI=1S/C9H14N4OS4/c1-4-16-8-12-11-7(18-8)10-6(14)5-17-9(15)13(2)3/h4-5H2,1-3H3,(H,10,11,14). The summed E-state index contributed by atoms with van der Waals surface area (Å²) in [6, 6.07) is 0. The number of carbonyl (C=O) groups is 1. The molecule has 1 heterocycles. The van der Waals surface area contributed by atoms with Crippen molar-refractivity contribution in [3.05, 3.63) is 0 Å². The van der Waals surface area contributed by atoms with Gasteiger partial charge in [-0.1, -0.05) is 54.0 Å². The molecule has 100 valence electrons. The van der Waals surface area contributed by atoms with Crippen LogP contribution in [-0.2, 0) is 4.79 Å². The highest BCUT2D eigenvalue weighted by Crippen LogP contribution is 2.25. The van der Waals surface area contributed by atoms with Gasteiger partial charge in [-0.3, -0.25) is 10.1 Å². The van der Waals surface area contributed by atoms with E-state index >= 15 is 0 Å². The van der Waals surface area contributed by atoms with E-state index in [4.69, 9.17) is 12.2 Å². The van der Waals surface area contributed by atoms with Crippen LogP contribution in [0.3, 0.4) is 0 Å². The van der Waals surface area contributed by atoms with E-state index in [2.05, 4.69) is 15.5 Å². The second-order valence-corrected chi connectivity index (χ2v) is 7.40. The smallest absolute Gasteiger partial charge is 0.236 e. The lowest BCUT2D eigenvalue weighted by molar-refractivity contribution is -0.113. The molecular formula is C9H14N4OS4. The Hall–Kier alpha value is -0.380. The summed E-state index contributed by atoms with van der Waals surface area (Å²) in [4.78, 5) is 13.4. The predicted octanol–water partition coefficient (Wildman–Crippen LogP) is 2.17. The molecule has 0 aliphatic heterocycles. The van der Waals surface area contributed by atoms with Crippen molar-refractivity contribution in [2.24, 2.45) is 0 Å². The SMILES string of the molecule is CCSc1nnc(NC(=O)CSC(=S)N(C)C)s1. The Morgan fingerprint density at radius 2 is 2.22 bits per heavy atom. The van der Waals surface area contributed by atoms with Crippen LogP contribution in [0.5, 0.6) is 0 Å². The van der Waals surface area contributed by atoms with E-state index in [1.54, 1.807) is 16.7 Å². The molecule has 1 amide bonds. The van der Waals surface area contributed by atoms with Crippen LogP contribution < -0.4 is 5.32 Å². The third-order valence-corrected chi connectivity index (χ3v) is 5.20. The Bertz CT molecular complexity index is 420. The maximum atomic E-state index is 11.6. The first-order valence-corrected chi connectivity index (χ1v) is 8.32. The summed E-state index contributed by atoms with van der Waals surface area (Å²) in [6.45, 7) is 2.04. The molecule has 0 saturated heterocycles. The Morgan fingerprint density at radius 3 is 2.83 bits per heavy atom. The molecule has 0 fully saturated rings. The van der Waals surface area contributed by atoms with Crippen LogP contribution in [0.25, 0.3) is 0 Å². The summed E-state index contributed by atoms with van der Waals surface area (Å²) in [5, 5.41) is 11.1. The summed E-state index contributed by atoms with van der Waals surface area (Å²) >= 11 is 9.39. The number of carbonyl (C=O) groups excluding carboxylic acids is 1. The number of hydrogen-bond acceptors (Lipinski definition) is 7. The highest BCUT2D eigenvalue weighted by atomic mass is 32.2. The number of anilines is 1. The number of amides is 1. The van der Waals surface area contributed by atoms with Crippen molar-refractivity contribution in [3.8, 4) is 0 Å². The molecule has 0 bridgehead atoms. The highest BCUT2D eigenvalue weighted by Gasteiger charge is 2.10. The fourth-order valence-electron chi connectivity index (χ4n) is 0.854. The van der Waals surface area contributed by atoms with Crippen molar-refractivity contribution < 1.29 is 4.79 Å². The van der Waals surface area contributed by atoms with Crippen LogP contribution in [-0.4, -0.2) is 50.9 Å². The zero-order chi connectivity index (χ0) is 13.5. The predicted molar refractivity (Wildman–Crippen MR) is 83.7 cm³/mol. The lowest BCUT2D eigenvalue weighted by Crippen LogP contribution is -2.20. The van der Waals surface area contributed by atoms with Gasteiger partial charge in [0.15, 0.2) is 4.34 Å². The van der Waals surface area contributed by atoms with Gasteiger partial charge in [0.25, 0.3) is 0 Å². The minimum atomic E-state index is -0.117. The number of nitrogens with zero attached hydrogens (tertiary/aromatic N) is 3. The maximum Gasteiger partial charge on any atom is 0.236 e. The van der Waals surface area contributed by atoms with Crippen molar-refractivity contribution in [2.75, 3.05) is 30.9 Å². The second-order valence-electron chi connectivity index (χ2n) is 3.30. The summed E-state index contributed by atoms with van der Waals surface area (Å²) in [5.41, 5.74) is 0. The van der Waals surface area contributed by atoms with Gasteiger partial charge in [-0.15, -0.1) is 10.2 Å². The first kappa shape index (κ1) is 15.7. The number of hydrogen-bond donors (Lipinski definition) is 1. The van der Waals surface area contributed by atoms with Crippen LogP contribution in [0.1, 0.15) is 6.92 Å². The van der Waals surface area contributed by atoms with E-state index in [9.17, 15) is 4.79 Å². The van der Waals surface area contributed by atoms with Gasteiger partial charge in [0.1, 0.15) is 4.32 Å².